The molecule has 0 bridgehead atoms. The molecule has 0 saturated heterocycles. The van der Waals surface area contributed by atoms with Gasteiger partial charge in [-0.3, -0.25) is 14.4 Å². The van der Waals surface area contributed by atoms with E-state index in [0.29, 0.717) is 38.9 Å². The van der Waals surface area contributed by atoms with Crippen molar-refractivity contribution in [2.24, 2.45) is 11.5 Å². The molecule has 0 spiro atoms. The minimum absolute atomic E-state index is 0.200. The number of ether oxygens (including phenoxy) is 1. The van der Waals surface area contributed by atoms with Crippen molar-refractivity contribution < 1.29 is 19.1 Å². The zero-order valence-corrected chi connectivity index (χ0v) is 14.4. The van der Waals surface area contributed by atoms with Gasteiger partial charge in [0.1, 0.15) is 0 Å². The Morgan fingerprint density at radius 2 is 1.64 bits per heavy atom. The second-order valence-corrected chi connectivity index (χ2v) is 5.95. The Morgan fingerprint density at radius 1 is 1.04 bits per heavy atom. The Hall–Kier alpha value is -2.41. The van der Waals surface area contributed by atoms with Gasteiger partial charge in [-0.1, -0.05) is 24.3 Å². The fourth-order valence-electron chi connectivity index (χ4n) is 2.37. The smallest absolute Gasteiger partial charge is 0.217 e. The normalized spacial score (nSPS) is 11.7. The lowest BCUT2D eigenvalue weighted by Crippen LogP contribution is -2.33. The summed E-state index contributed by atoms with van der Waals surface area (Å²) in [5.41, 5.74) is 12.5. The van der Waals surface area contributed by atoms with Crippen LogP contribution in [0.3, 0.4) is 0 Å². The van der Waals surface area contributed by atoms with Gasteiger partial charge in [-0.05, 0) is 36.8 Å². The van der Waals surface area contributed by atoms with E-state index in [9.17, 15) is 14.4 Å². The molecule has 0 aliphatic carbocycles. The number of benzene rings is 1. The maximum absolute atomic E-state index is 10.8. The van der Waals surface area contributed by atoms with Crippen molar-refractivity contribution >= 4 is 18.2 Å². The molecule has 138 valence electrons. The van der Waals surface area contributed by atoms with Crippen LogP contribution in [-0.4, -0.2) is 37.5 Å². The summed E-state index contributed by atoms with van der Waals surface area (Å²) in [6, 6.07) is 7.90. The number of amides is 3. The first-order chi connectivity index (χ1) is 12.0. The third kappa shape index (κ3) is 10.1. The van der Waals surface area contributed by atoms with Gasteiger partial charge in [0.25, 0.3) is 0 Å². The van der Waals surface area contributed by atoms with E-state index >= 15 is 0 Å². The van der Waals surface area contributed by atoms with Gasteiger partial charge in [0.2, 0.25) is 18.2 Å². The van der Waals surface area contributed by atoms with Crippen molar-refractivity contribution in [2.75, 3.05) is 13.2 Å². The van der Waals surface area contributed by atoms with Crippen molar-refractivity contribution in [3.05, 3.63) is 35.4 Å². The highest BCUT2D eigenvalue weighted by Gasteiger charge is 2.09. The van der Waals surface area contributed by atoms with Gasteiger partial charge in [0.15, 0.2) is 0 Å². The molecule has 0 unspecified atom stereocenters. The Balaban J connectivity index is 2.22. The monoisotopic (exact) mass is 349 g/mol. The largest absolute Gasteiger partial charge is 0.379 e. The number of hydrogen-bond acceptors (Lipinski definition) is 4. The van der Waals surface area contributed by atoms with Crippen LogP contribution in [0.2, 0.25) is 0 Å². The number of carbonyl (C=O) groups excluding carboxylic acids is 3. The van der Waals surface area contributed by atoms with Gasteiger partial charge in [-0.2, -0.15) is 0 Å². The molecule has 1 aromatic rings. The van der Waals surface area contributed by atoms with E-state index in [-0.39, 0.29) is 18.4 Å². The molecule has 7 heteroatoms. The van der Waals surface area contributed by atoms with Crippen LogP contribution < -0.4 is 16.8 Å². The maximum atomic E-state index is 10.8. The molecule has 0 fully saturated rings. The van der Waals surface area contributed by atoms with Crippen LogP contribution in [0.15, 0.2) is 24.3 Å². The van der Waals surface area contributed by atoms with E-state index in [0.717, 1.165) is 18.4 Å². The average Bonchev–Trinajstić information content (AvgIpc) is 2.58. The molecule has 25 heavy (non-hydrogen) atoms. The molecular formula is C18H27N3O4. The van der Waals surface area contributed by atoms with Crippen LogP contribution in [0.1, 0.15) is 36.8 Å². The van der Waals surface area contributed by atoms with Crippen molar-refractivity contribution in [1.82, 2.24) is 5.32 Å². The predicted molar refractivity (Wildman–Crippen MR) is 94.5 cm³/mol. The van der Waals surface area contributed by atoms with Crippen molar-refractivity contribution in [3.63, 3.8) is 0 Å². The maximum Gasteiger partial charge on any atom is 0.217 e. The lowest BCUT2D eigenvalue weighted by atomic mass is 10.0. The molecule has 1 atom stereocenters. The van der Waals surface area contributed by atoms with Crippen molar-refractivity contribution in [3.8, 4) is 0 Å². The van der Waals surface area contributed by atoms with E-state index in [1.807, 2.05) is 24.3 Å². The van der Waals surface area contributed by atoms with Crippen LogP contribution in [0.4, 0.5) is 0 Å². The van der Waals surface area contributed by atoms with Crippen molar-refractivity contribution in [2.45, 2.75) is 44.6 Å². The zero-order chi connectivity index (χ0) is 18.5. The zero-order valence-electron chi connectivity index (χ0n) is 14.4. The Morgan fingerprint density at radius 3 is 2.20 bits per heavy atom. The minimum Gasteiger partial charge on any atom is -0.379 e. The second-order valence-electron chi connectivity index (χ2n) is 5.95. The molecule has 5 N–H and O–H groups in total. The van der Waals surface area contributed by atoms with Gasteiger partial charge < -0.3 is 21.5 Å². The van der Waals surface area contributed by atoms with Crippen LogP contribution >= 0.6 is 0 Å². The van der Waals surface area contributed by atoms with E-state index in [1.54, 1.807) is 0 Å². The van der Waals surface area contributed by atoms with Gasteiger partial charge in [-0.15, -0.1) is 0 Å². The first-order valence-corrected chi connectivity index (χ1v) is 8.43. The summed E-state index contributed by atoms with van der Waals surface area (Å²) >= 11 is 0. The number of primary amides is 2. The average molecular weight is 349 g/mol. The van der Waals surface area contributed by atoms with E-state index in [1.165, 1.54) is 5.56 Å². The molecule has 0 saturated carbocycles. The summed E-state index contributed by atoms with van der Waals surface area (Å²) in [5, 5.41) is 2.63. The number of hydrogen-bond donors (Lipinski definition) is 3. The molecule has 0 radical (unpaired) electrons. The quantitative estimate of drug-likeness (QED) is 0.333. The van der Waals surface area contributed by atoms with Crippen LogP contribution in [0.25, 0.3) is 0 Å². The highest BCUT2D eigenvalue weighted by molar-refractivity contribution is 5.74. The van der Waals surface area contributed by atoms with Crippen LogP contribution in [-0.2, 0) is 32.0 Å². The third-order valence-corrected chi connectivity index (χ3v) is 3.80. The second kappa shape index (κ2) is 12.0. The molecular weight excluding hydrogens is 322 g/mol. The number of aryl methyl sites for hydroxylation is 2. The van der Waals surface area contributed by atoms with Gasteiger partial charge in [0, 0.05) is 19.4 Å². The van der Waals surface area contributed by atoms with E-state index in [4.69, 9.17) is 16.2 Å². The highest BCUT2D eigenvalue weighted by atomic mass is 16.5. The lowest BCUT2D eigenvalue weighted by molar-refractivity contribution is -0.119. The topological polar surface area (TPSA) is 125 Å². The van der Waals surface area contributed by atoms with Gasteiger partial charge >= 0.3 is 0 Å². The van der Waals surface area contributed by atoms with Crippen molar-refractivity contribution in [1.29, 1.82) is 0 Å². The molecule has 0 heterocycles. The van der Waals surface area contributed by atoms with Crippen LogP contribution in [0, 0.1) is 0 Å². The predicted octanol–water partition coefficient (Wildman–Crippen LogP) is 0.434. The fourth-order valence-corrected chi connectivity index (χ4v) is 2.37. The molecule has 0 aliphatic rings. The van der Waals surface area contributed by atoms with E-state index < -0.39 is 5.91 Å². The molecule has 1 rings (SSSR count). The van der Waals surface area contributed by atoms with Crippen LogP contribution in [0.5, 0.6) is 0 Å². The van der Waals surface area contributed by atoms with E-state index in [2.05, 4.69) is 5.32 Å². The summed E-state index contributed by atoms with van der Waals surface area (Å²) in [5.74, 6) is -0.684. The fraction of sp³-hybridized carbons (Fsp3) is 0.500. The molecule has 0 aromatic heterocycles. The molecule has 1 aromatic carbocycles. The number of nitrogens with two attached hydrogens (primary N) is 2. The number of carbonyl (C=O) groups is 3. The summed E-state index contributed by atoms with van der Waals surface area (Å²) in [7, 11) is 0. The summed E-state index contributed by atoms with van der Waals surface area (Å²) in [6.07, 6.45) is 4.05. The minimum atomic E-state index is -0.392. The highest BCUT2D eigenvalue weighted by Crippen LogP contribution is 2.09. The lowest BCUT2D eigenvalue weighted by Gasteiger charge is -2.15. The Bertz CT molecular complexity index is 546. The van der Waals surface area contributed by atoms with Gasteiger partial charge in [-0.25, -0.2) is 0 Å². The molecule has 3 amide bonds. The molecule has 0 aliphatic heterocycles. The summed E-state index contributed by atoms with van der Waals surface area (Å²) < 4.78 is 5.57. The standard InChI is InChI=1S/C18H27N3O4/c19-17(23)9-7-15-5-3-14(4-6-15)2-1-11-25-12-16(21-13-22)8-10-18(20)24/h3-6,13,16H,1-2,7-12H2,(H2,19,23)(H2,20,24)(H,21,22)/t16-/m0/s1. The molecule has 7 nitrogen and oxygen atoms in total. The summed E-state index contributed by atoms with van der Waals surface area (Å²) in [4.78, 5) is 32.1. The number of rotatable bonds is 14. The summed E-state index contributed by atoms with van der Waals surface area (Å²) in [6.45, 7) is 0.926. The first-order valence-electron chi connectivity index (χ1n) is 8.43. The van der Waals surface area contributed by atoms with Gasteiger partial charge in [0.05, 0.1) is 12.6 Å². The Labute approximate surface area is 148 Å². The number of nitrogens with one attached hydrogen (secondary N) is 1. The first kappa shape index (κ1) is 20.6. The third-order valence-electron chi connectivity index (χ3n) is 3.80. The SMILES string of the molecule is NC(=O)CCc1ccc(CCCOC[C@H](CCC(N)=O)NC=O)cc1. The Kier molecular flexibility index (Phi) is 9.92.